The number of fused-ring (bicyclic) bond motifs is 2. The maximum absolute atomic E-state index is 12.2. The minimum absolute atomic E-state index is 0.0157. The van der Waals surface area contributed by atoms with Crippen LogP contribution in [-0.2, 0) is 23.8 Å². The Balaban J connectivity index is 1.34. The molecule has 2 aliphatic carbocycles. The van der Waals surface area contributed by atoms with E-state index in [4.69, 9.17) is 14.2 Å². The number of hydrogen-bond acceptors (Lipinski definition) is 5. The van der Waals surface area contributed by atoms with Crippen LogP contribution in [0.2, 0.25) is 0 Å². The van der Waals surface area contributed by atoms with Gasteiger partial charge in [-0.25, -0.2) is 0 Å². The second-order valence-electron chi connectivity index (χ2n) is 6.24. The van der Waals surface area contributed by atoms with Crippen molar-refractivity contribution in [3.63, 3.8) is 0 Å². The highest BCUT2D eigenvalue weighted by atomic mass is 16.6. The Kier molecular flexibility index (Phi) is 4.78. The number of epoxide rings is 1. The maximum Gasteiger partial charge on any atom is 0.310 e. The molecular formula is C16H22O6. The van der Waals surface area contributed by atoms with Crippen molar-refractivity contribution >= 4 is 11.9 Å². The smallest absolute Gasteiger partial charge is 0.310 e. The minimum atomic E-state index is -0.894. The van der Waals surface area contributed by atoms with Crippen molar-refractivity contribution < 1.29 is 28.9 Å². The van der Waals surface area contributed by atoms with Crippen molar-refractivity contribution in [2.75, 3.05) is 26.4 Å². The zero-order valence-corrected chi connectivity index (χ0v) is 12.5. The first-order valence-electron chi connectivity index (χ1n) is 7.94. The highest BCUT2D eigenvalue weighted by Gasteiger charge is 2.52. The van der Waals surface area contributed by atoms with Crippen LogP contribution in [0.5, 0.6) is 0 Å². The number of carbonyl (C=O) groups is 2. The number of rotatable bonds is 9. The van der Waals surface area contributed by atoms with Gasteiger partial charge in [0, 0.05) is 6.61 Å². The van der Waals surface area contributed by atoms with Crippen LogP contribution in [0.25, 0.3) is 0 Å². The minimum Gasteiger partial charge on any atom is -0.481 e. The molecule has 0 spiro atoms. The van der Waals surface area contributed by atoms with E-state index in [9.17, 15) is 14.7 Å². The summed E-state index contributed by atoms with van der Waals surface area (Å²) >= 11 is 0. The molecule has 3 aliphatic rings. The van der Waals surface area contributed by atoms with Crippen LogP contribution in [-0.4, -0.2) is 49.6 Å². The first-order chi connectivity index (χ1) is 10.7. The van der Waals surface area contributed by atoms with Crippen LogP contribution < -0.4 is 0 Å². The van der Waals surface area contributed by atoms with Crippen molar-refractivity contribution in [1.82, 2.24) is 0 Å². The lowest BCUT2D eigenvalue weighted by molar-refractivity contribution is -0.158. The molecule has 0 aromatic heterocycles. The van der Waals surface area contributed by atoms with Crippen LogP contribution in [0.15, 0.2) is 12.2 Å². The van der Waals surface area contributed by atoms with E-state index < -0.39 is 17.8 Å². The molecule has 1 saturated heterocycles. The molecule has 6 nitrogen and oxygen atoms in total. The molecule has 3 rings (SSSR count). The topological polar surface area (TPSA) is 85.4 Å². The number of carboxylic acids is 1. The molecule has 2 fully saturated rings. The van der Waals surface area contributed by atoms with Gasteiger partial charge in [0.15, 0.2) is 0 Å². The summed E-state index contributed by atoms with van der Waals surface area (Å²) in [5, 5.41) is 9.30. The summed E-state index contributed by atoms with van der Waals surface area (Å²) in [4.78, 5) is 23.5. The Hall–Kier alpha value is -1.40. The third kappa shape index (κ3) is 3.50. The lowest BCUT2D eigenvalue weighted by Gasteiger charge is -2.23. The summed E-state index contributed by atoms with van der Waals surface area (Å²) in [5.41, 5.74) is 0. The van der Waals surface area contributed by atoms with Crippen molar-refractivity contribution in [3.8, 4) is 0 Å². The second kappa shape index (κ2) is 6.79. The first-order valence-corrected chi connectivity index (χ1v) is 7.94. The number of allylic oxidation sites excluding steroid dienone is 2. The van der Waals surface area contributed by atoms with Crippen molar-refractivity contribution in [2.24, 2.45) is 23.7 Å². The number of hydrogen-bond donors (Lipinski definition) is 1. The molecule has 1 N–H and O–H groups in total. The molecule has 0 amide bonds. The molecule has 5 atom stereocenters. The highest BCUT2D eigenvalue weighted by molar-refractivity contribution is 5.83. The van der Waals surface area contributed by atoms with E-state index in [-0.39, 0.29) is 23.9 Å². The van der Waals surface area contributed by atoms with Crippen LogP contribution in [0.4, 0.5) is 0 Å². The monoisotopic (exact) mass is 310 g/mol. The van der Waals surface area contributed by atoms with Gasteiger partial charge >= 0.3 is 11.9 Å². The molecule has 2 bridgehead atoms. The van der Waals surface area contributed by atoms with Gasteiger partial charge in [-0.1, -0.05) is 12.2 Å². The predicted molar refractivity (Wildman–Crippen MR) is 76.1 cm³/mol. The molecule has 22 heavy (non-hydrogen) atoms. The van der Waals surface area contributed by atoms with Gasteiger partial charge in [0.25, 0.3) is 0 Å². The Morgan fingerprint density at radius 2 is 1.82 bits per heavy atom. The zero-order chi connectivity index (χ0) is 15.5. The van der Waals surface area contributed by atoms with Crippen LogP contribution >= 0.6 is 0 Å². The summed E-state index contributed by atoms with van der Waals surface area (Å²) in [5.74, 6) is -2.38. The van der Waals surface area contributed by atoms with Crippen LogP contribution in [0.3, 0.4) is 0 Å². The Morgan fingerprint density at radius 1 is 1.14 bits per heavy atom. The van der Waals surface area contributed by atoms with Crippen molar-refractivity contribution in [1.29, 1.82) is 0 Å². The highest BCUT2D eigenvalue weighted by Crippen LogP contribution is 2.48. The number of carbonyl (C=O) groups excluding carboxylic acids is 1. The van der Waals surface area contributed by atoms with E-state index in [2.05, 4.69) is 0 Å². The van der Waals surface area contributed by atoms with Gasteiger partial charge in [-0.3, -0.25) is 9.59 Å². The summed E-state index contributed by atoms with van der Waals surface area (Å²) in [6, 6.07) is 0. The Labute approximate surface area is 129 Å². The molecule has 0 aromatic carbocycles. The van der Waals surface area contributed by atoms with E-state index in [1.807, 2.05) is 12.2 Å². The molecule has 0 radical (unpaired) electrons. The average Bonchev–Trinajstić information content (AvgIpc) is 3.08. The molecule has 6 heteroatoms. The van der Waals surface area contributed by atoms with E-state index in [1.165, 1.54) is 0 Å². The summed E-state index contributed by atoms with van der Waals surface area (Å²) in [6.07, 6.45) is 6.47. The van der Waals surface area contributed by atoms with E-state index in [0.717, 1.165) is 25.9 Å². The summed E-state index contributed by atoms with van der Waals surface area (Å²) in [6.45, 7) is 2.38. The van der Waals surface area contributed by atoms with Crippen LogP contribution in [0, 0.1) is 23.7 Å². The SMILES string of the molecule is O=C(O)C1C2C=CC(C2)C1C(=O)OCCCCOCC1CO1. The fourth-order valence-electron chi connectivity index (χ4n) is 3.43. The molecule has 5 unspecified atom stereocenters. The van der Waals surface area contributed by atoms with E-state index in [1.54, 1.807) is 0 Å². The summed E-state index contributed by atoms with van der Waals surface area (Å²) in [7, 11) is 0. The second-order valence-corrected chi connectivity index (χ2v) is 6.24. The third-order valence-electron chi connectivity index (χ3n) is 4.65. The average molecular weight is 310 g/mol. The fraction of sp³-hybridized carbons (Fsp3) is 0.750. The largest absolute Gasteiger partial charge is 0.481 e. The van der Waals surface area contributed by atoms with Gasteiger partial charge < -0.3 is 19.3 Å². The Morgan fingerprint density at radius 3 is 2.50 bits per heavy atom. The standard InChI is InChI=1S/C16H22O6/c17-15(18)13-10-3-4-11(7-10)14(13)16(19)21-6-2-1-5-20-8-12-9-22-12/h3-4,10-14H,1-2,5-9H2,(H,17,18). The van der Waals surface area contributed by atoms with Crippen LogP contribution in [0.1, 0.15) is 19.3 Å². The molecule has 1 saturated carbocycles. The Bertz CT molecular complexity index is 456. The first kappa shape index (κ1) is 15.5. The zero-order valence-electron chi connectivity index (χ0n) is 12.5. The molecular weight excluding hydrogens is 288 g/mol. The normalized spacial score (nSPS) is 34.8. The predicted octanol–water partition coefficient (Wildman–Crippen LogP) is 1.25. The maximum atomic E-state index is 12.2. The number of carboxylic acid groups (broad SMARTS) is 1. The molecule has 122 valence electrons. The van der Waals surface area contributed by atoms with E-state index in [0.29, 0.717) is 19.8 Å². The third-order valence-corrected chi connectivity index (χ3v) is 4.65. The molecule has 1 heterocycles. The van der Waals surface area contributed by atoms with Gasteiger partial charge in [-0.15, -0.1) is 0 Å². The molecule has 0 aromatic rings. The number of ether oxygens (including phenoxy) is 3. The number of unbranched alkanes of at least 4 members (excludes halogenated alkanes) is 1. The lowest BCUT2D eigenvalue weighted by atomic mass is 9.83. The van der Waals surface area contributed by atoms with Gasteiger partial charge in [0.05, 0.1) is 31.7 Å². The van der Waals surface area contributed by atoms with Crippen molar-refractivity contribution in [3.05, 3.63) is 12.2 Å². The number of esters is 1. The van der Waals surface area contributed by atoms with Gasteiger partial charge in [-0.05, 0) is 31.1 Å². The van der Waals surface area contributed by atoms with Crippen molar-refractivity contribution in [2.45, 2.75) is 25.4 Å². The number of aliphatic carboxylic acids is 1. The lowest BCUT2D eigenvalue weighted by Crippen LogP contribution is -2.34. The molecule has 1 aliphatic heterocycles. The van der Waals surface area contributed by atoms with Gasteiger partial charge in [0.2, 0.25) is 0 Å². The van der Waals surface area contributed by atoms with Gasteiger partial charge in [-0.2, -0.15) is 0 Å². The van der Waals surface area contributed by atoms with E-state index >= 15 is 0 Å². The quantitative estimate of drug-likeness (QED) is 0.298. The summed E-state index contributed by atoms with van der Waals surface area (Å²) < 4.78 is 15.7. The van der Waals surface area contributed by atoms with Gasteiger partial charge in [0.1, 0.15) is 6.10 Å². The fourth-order valence-corrected chi connectivity index (χ4v) is 3.43.